The third-order valence-corrected chi connectivity index (χ3v) is 2.67. The van der Waals surface area contributed by atoms with E-state index < -0.39 is 0 Å². The molecule has 2 N–H and O–H groups in total. The minimum absolute atomic E-state index is 0.190. The summed E-state index contributed by atoms with van der Waals surface area (Å²) in [7, 11) is 0. The molecule has 0 saturated carbocycles. The minimum atomic E-state index is -0.190. The van der Waals surface area contributed by atoms with Gasteiger partial charge in [0, 0.05) is 0 Å². The van der Waals surface area contributed by atoms with Gasteiger partial charge in [-0.05, 0) is 50.4 Å². The highest BCUT2D eigenvalue weighted by Crippen LogP contribution is 2.24. The van der Waals surface area contributed by atoms with Crippen molar-refractivity contribution in [1.29, 1.82) is 0 Å². The van der Waals surface area contributed by atoms with Crippen LogP contribution in [0.4, 0.5) is 0 Å². The molecule has 0 amide bonds. The Balaban J connectivity index is 2.77. The van der Waals surface area contributed by atoms with Gasteiger partial charge in [-0.1, -0.05) is 26.0 Å². The molecule has 16 heavy (non-hydrogen) atoms. The van der Waals surface area contributed by atoms with Gasteiger partial charge >= 0.3 is 0 Å². The second-order valence-corrected chi connectivity index (χ2v) is 5.13. The molecule has 0 aromatic heterocycles. The number of benzene rings is 1. The molecule has 0 radical (unpaired) electrons. The van der Waals surface area contributed by atoms with Crippen LogP contribution in [0.5, 0.6) is 5.75 Å². The first kappa shape index (κ1) is 13.0. The molecule has 0 atom stereocenters. The summed E-state index contributed by atoms with van der Waals surface area (Å²) in [5, 5.41) is 0. The van der Waals surface area contributed by atoms with Crippen molar-refractivity contribution in [3.8, 4) is 5.75 Å². The molecule has 0 saturated heterocycles. The summed E-state index contributed by atoms with van der Waals surface area (Å²) in [5.74, 6) is 1.46. The highest BCUT2D eigenvalue weighted by Gasteiger charge is 2.18. The summed E-state index contributed by atoms with van der Waals surface area (Å²) in [6.07, 6.45) is 0.860. The van der Waals surface area contributed by atoms with Crippen LogP contribution in [-0.2, 0) is 0 Å². The van der Waals surface area contributed by atoms with Gasteiger partial charge in [-0.3, -0.25) is 0 Å². The van der Waals surface area contributed by atoms with E-state index in [1.54, 1.807) is 0 Å². The Bertz CT molecular complexity index is 331. The van der Waals surface area contributed by atoms with Crippen molar-refractivity contribution in [2.75, 3.05) is 6.54 Å². The molecular formula is C14H23NO. The zero-order valence-corrected chi connectivity index (χ0v) is 10.8. The summed E-state index contributed by atoms with van der Waals surface area (Å²) in [6, 6.07) is 8.30. The van der Waals surface area contributed by atoms with Gasteiger partial charge in [-0.25, -0.2) is 0 Å². The molecule has 0 unspecified atom stereocenters. The van der Waals surface area contributed by atoms with Gasteiger partial charge in [-0.2, -0.15) is 0 Å². The lowest BCUT2D eigenvalue weighted by Crippen LogP contribution is -2.31. The first-order valence-corrected chi connectivity index (χ1v) is 5.93. The van der Waals surface area contributed by atoms with Gasteiger partial charge in [-0.15, -0.1) is 0 Å². The lowest BCUT2D eigenvalue weighted by atomic mass is 10.0. The van der Waals surface area contributed by atoms with Crippen molar-refractivity contribution in [1.82, 2.24) is 0 Å². The first-order valence-electron chi connectivity index (χ1n) is 5.93. The molecule has 1 aromatic carbocycles. The predicted molar refractivity (Wildman–Crippen MR) is 68.9 cm³/mol. The standard InChI is InChI=1S/C14H23NO/c1-11(2)12-6-5-7-13(10-12)16-14(3,4)8-9-15/h5-7,10-11H,8-9,15H2,1-4H3. The van der Waals surface area contributed by atoms with Crippen molar-refractivity contribution in [3.63, 3.8) is 0 Å². The Labute approximate surface area is 98.8 Å². The summed E-state index contributed by atoms with van der Waals surface area (Å²) in [4.78, 5) is 0. The van der Waals surface area contributed by atoms with Crippen LogP contribution in [0.2, 0.25) is 0 Å². The van der Waals surface area contributed by atoms with Gasteiger partial charge in [0.05, 0.1) is 0 Å². The summed E-state index contributed by atoms with van der Waals surface area (Å²) in [6.45, 7) is 9.16. The van der Waals surface area contributed by atoms with Gasteiger partial charge in [0.25, 0.3) is 0 Å². The molecule has 1 rings (SSSR count). The molecule has 0 bridgehead atoms. The van der Waals surface area contributed by atoms with Gasteiger partial charge < -0.3 is 10.5 Å². The molecule has 0 aliphatic rings. The molecule has 1 aromatic rings. The van der Waals surface area contributed by atoms with Crippen molar-refractivity contribution in [3.05, 3.63) is 29.8 Å². The normalized spacial score (nSPS) is 11.9. The zero-order valence-electron chi connectivity index (χ0n) is 10.8. The number of ether oxygens (including phenoxy) is 1. The average molecular weight is 221 g/mol. The SMILES string of the molecule is CC(C)c1cccc(OC(C)(C)CCN)c1. The molecule has 0 aliphatic carbocycles. The molecule has 2 heteroatoms. The maximum Gasteiger partial charge on any atom is 0.120 e. The van der Waals surface area contributed by atoms with Crippen LogP contribution >= 0.6 is 0 Å². The van der Waals surface area contributed by atoms with Crippen LogP contribution in [0.25, 0.3) is 0 Å². The van der Waals surface area contributed by atoms with Crippen molar-refractivity contribution >= 4 is 0 Å². The predicted octanol–water partition coefficient (Wildman–Crippen LogP) is 3.32. The lowest BCUT2D eigenvalue weighted by Gasteiger charge is -2.26. The van der Waals surface area contributed by atoms with Crippen LogP contribution < -0.4 is 10.5 Å². The van der Waals surface area contributed by atoms with E-state index in [9.17, 15) is 0 Å². The van der Waals surface area contributed by atoms with Crippen LogP contribution in [-0.4, -0.2) is 12.1 Å². The van der Waals surface area contributed by atoms with Crippen LogP contribution in [0.1, 0.15) is 45.6 Å². The Morgan fingerprint density at radius 1 is 1.31 bits per heavy atom. The van der Waals surface area contributed by atoms with Crippen LogP contribution in [0.15, 0.2) is 24.3 Å². The Morgan fingerprint density at radius 2 is 2.00 bits per heavy atom. The van der Waals surface area contributed by atoms with Crippen molar-refractivity contribution in [2.45, 2.75) is 45.6 Å². The fraction of sp³-hybridized carbons (Fsp3) is 0.571. The van der Waals surface area contributed by atoms with Crippen molar-refractivity contribution in [2.24, 2.45) is 5.73 Å². The van der Waals surface area contributed by atoms with E-state index in [0.29, 0.717) is 12.5 Å². The van der Waals surface area contributed by atoms with Crippen LogP contribution in [0.3, 0.4) is 0 Å². The van der Waals surface area contributed by atoms with E-state index in [0.717, 1.165) is 12.2 Å². The van der Waals surface area contributed by atoms with E-state index in [1.807, 2.05) is 12.1 Å². The summed E-state index contributed by atoms with van der Waals surface area (Å²) in [5.41, 5.74) is 6.68. The summed E-state index contributed by atoms with van der Waals surface area (Å²) < 4.78 is 5.95. The second-order valence-electron chi connectivity index (χ2n) is 5.13. The zero-order chi connectivity index (χ0) is 12.2. The highest BCUT2D eigenvalue weighted by atomic mass is 16.5. The Morgan fingerprint density at radius 3 is 2.56 bits per heavy atom. The smallest absolute Gasteiger partial charge is 0.120 e. The third kappa shape index (κ3) is 3.86. The molecule has 0 fully saturated rings. The maximum atomic E-state index is 5.95. The second kappa shape index (κ2) is 5.35. The van der Waals surface area contributed by atoms with Gasteiger partial charge in [0.1, 0.15) is 11.4 Å². The first-order chi connectivity index (χ1) is 7.44. The fourth-order valence-corrected chi connectivity index (χ4v) is 1.65. The third-order valence-electron chi connectivity index (χ3n) is 2.67. The topological polar surface area (TPSA) is 35.2 Å². The van der Waals surface area contributed by atoms with Crippen LogP contribution in [0, 0.1) is 0 Å². The molecular weight excluding hydrogens is 198 g/mol. The van der Waals surface area contributed by atoms with E-state index >= 15 is 0 Å². The van der Waals surface area contributed by atoms with Gasteiger partial charge in [0.2, 0.25) is 0 Å². The van der Waals surface area contributed by atoms with E-state index in [4.69, 9.17) is 10.5 Å². The Hall–Kier alpha value is -1.02. The molecule has 0 aliphatic heterocycles. The molecule has 90 valence electrons. The maximum absolute atomic E-state index is 5.95. The van der Waals surface area contributed by atoms with Gasteiger partial charge in [0.15, 0.2) is 0 Å². The molecule has 0 spiro atoms. The number of nitrogens with two attached hydrogens (primary N) is 1. The highest BCUT2D eigenvalue weighted by molar-refractivity contribution is 5.30. The number of rotatable bonds is 5. The van der Waals surface area contributed by atoms with Crippen molar-refractivity contribution < 1.29 is 4.74 Å². The number of hydrogen-bond donors (Lipinski definition) is 1. The molecule has 2 nitrogen and oxygen atoms in total. The van der Waals surface area contributed by atoms with E-state index in [1.165, 1.54) is 5.56 Å². The fourth-order valence-electron chi connectivity index (χ4n) is 1.65. The minimum Gasteiger partial charge on any atom is -0.488 e. The quantitative estimate of drug-likeness (QED) is 0.828. The largest absolute Gasteiger partial charge is 0.488 e. The summed E-state index contributed by atoms with van der Waals surface area (Å²) >= 11 is 0. The Kier molecular flexibility index (Phi) is 4.36. The number of hydrogen-bond acceptors (Lipinski definition) is 2. The monoisotopic (exact) mass is 221 g/mol. The molecule has 0 heterocycles. The van der Waals surface area contributed by atoms with E-state index in [2.05, 4.69) is 39.8 Å². The average Bonchev–Trinajstić information content (AvgIpc) is 2.17. The van der Waals surface area contributed by atoms with E-state index in [-0.39, 0.29) is 5.60 Å². The lowest BCUT2D eigenvalue weighted by molar-refractivity contribution is 0.102.